The molecule has 0 bridgehead atoms. The van der Waals surface area contributed by atoms with Crippen molar-refractivity contribution in [1.82, 2.24) is 20.2 Å². The number of pyridine rings is 1. The molecule has 8 heteroatoms. The Labute approximate surface area is 157 Å². The molecule has 0 radical (unpaired) electrons. The number of nitrogens with one attached hydrogen (secondary N) is 1. The second-order valence-corrected chi connectivity index (χ2v) is 6.58. The van der Waals surface area contributed by atoms with Crippen LogP contribution in [0.3, 0.4) is 0 Å². The van der Waals surface area contributed by atoms with Gasteiger partial charge in [-0.2, -0.15) is 10.1 Å². The van der Waals surface area contributed by atoms with E-state index in [-0.39, 0.29) is 5.91 Å². The quantitative estimate of drug-likeness (QED) is 0.714. The first-order chi connectivity index (χ1) is 12.6. The number of aromatic nitrogens is 3. The van der Waals surface area contributed by atoms with Crippen LogP contribution >= 0.6 is 15.9 Å². The summed E-state index contributed by atoms with van der Waals surface area (Å²) < 4.78 is 6.89. The minimum Gasteiger partial charge on any atom is -0.443 e. The van der Waals surface area contributed by atoms with Gasteiger partial charge in [0.15, 0.2) is 0 Å². The first-order valence-electron chi connectivity index (χ1n) is 7.89. The van der Waals surface area contributed by atoms with Gasteiger partial charge >= 0.3 is 0 Å². The molecule has 0 saturated carbocycles. The Hall–Kier alpha value is -3.00. The highest BCUT2D eigenvalue weighted by molar-refractivity contribution is 9.10. The van der Waals surface area contributed by atoms with E-state index in [0.29, 0.717) is 17.3 Å². The standard InChI is InChI=1S/C18H14BrN5O2/c1-11(25)24-18(14-4-2-3-9-20-14)26-17(23-24)16-10-15(21-22-16)12-5-7-13(19)8-6-12/h2-10,18H,1H3,(H,21,22). The lowest BCUT2D eigenvalue weighted by atomic mass is 10.1. The lowest BCUT2D eigenvalue weighted by Gasteiger charge is -2.17. The van der Waals surface area contributed by atoms with Crippen LogP contribution in [0.2, 0.25) is 0 Å². The number of nitrogens with zero attached hydrogens (tertiary/aromatic N) is 4. The van der Waals surface area contributed by atoms with Crippen molar-refractivity contribution in [2.75, 3.05) is 0 Å². The van der Waals surface area contributed by atoms with Crippen LogP contribution in [-0.4, -0.2) is 32.0 Å². The number of hydrogen-bond donors (Lipinski definition) is 1. The zero-order valence-corrected chi connectivity index (χ0v) is 15.3. The number of halogens is 1. The van der Waals surface area contributed by atoms with Gasteiger partial charge in [0, 0.05) is 23.2 Å². The predicted octanol–water partition coefficient (Wildman–Crippen LogP) is 3.47. The summed E-state index contributed by atoms with van der Waals surface area (Å²) in [6.45, 7) is 1.44. The number of carbonyl (C=O) groups is 1. The van der Waals surface area contributed by atoms with E-state index in [2.05, 4.69) is 36.2 Å². The molecule has 2 aromatic heterocycles. The van der Waals surface area contributed by atoms with Gasteiger partial charge in [-0.15, -0.1) is 5.10 Å². The van der Waals surface area contributed by atoms with Gasteiger partial charge in [0.25, 0.3) is 5.90 Å². The molecule has 1 atom stereocenters. The molecule has 1 N–H and O–H groups in total. The Morgan fingerprint density at radius 2 is 2.04 bits per heavy atom. The topological polar surface area (TPSA) is 83.5 Å². The maximum atomic E-state index is 11.9. The highest BCUT2D eigenvalue weighted by Gasteiger charge is 2.34. The van der Waals surface area contributed by atoms with Crippen LogP contribution in [0.5, 0.6) is 0 Å². The molecule has 7 nitrogen and oxygen atoms in total. The molecule has 1 amide bonds. The molecule has 0 spiro atoms. The lowest BCUT2D eigenvalue weighted by molar-refractivity contribution is -0.135. The molecule has 130 valence electrons. The maximum absolute atomic E-state index is 11.9. The summed E-state index contributed by atoms with van der Waals surface area (Å²) in [6.07, 6.45) is 0.958. The van der Waals surface area contributed by atoms with Crippen LogP contribution in [0.25, 0.3) is 11.3 Å². The highest BCUT2D eigenvalue weighted by atomic mass is 79.9. The van der Waals surface area contributed by atoms with E-state index in [9.17, 15) is 4.79 Å². The molecular weight excluding hydrogens is 398 g/mol. The molecule has 1 unspecified atom stereocenters. The number of benzene rings is 1. The van der Waals surface area contributed by atoms with Crippen LogP contribution in [0, 0.1) is 0 Å². The Kier molecular flexibility index (Phi) is 4.26. The predicted molar refractivity (Wildman–Crippen MR) is 98.8 cm³/mol. The van der Waals surface area contributed by atoms with Crippen LogP contribution in [0.4, 0.5) is 0 Å². The van der Waals surface area contributed by atoms with E-state index in [1.165, 1.54) is 11.9 Å². The van der Waals surface area contributed by atoms with Crippen LogP contribution in [0.15, 0.2) is 64.3 Å². The minimum atomic E-state index is -0.692. The third-order valence-corrected chi connectivity index (χ3v) is 4.38. The zero-order chi connectivity index (χ0) is 18.1. The number of ether oxygens (including phenoxy) is 1. The van der Waals surface area contributed by atoms with Crippen molar-refractivity contribution in [3.8, 4) is 11.3 Å². The molecule has 26 heavy (non-hydrogen) atoms. The largest absolute Gasteiger partial charge is 0.443 e. The van der Waals surface area contributed by atoms with E-state index in [1.54, 1.807) is 18.3 Å². The van der Waals surface area contributed by atoms with Crippen LogP contribution in [0.1, 0.15) is 24.5 Å². The fraction of sp³-hybridized carbons (Fsp3) is 0.111. The lowest BCUT2D eigenvalue weighted by Crippen LogP contribution is -2.25. The van der Waals surface area contributed by atoms with Gasteiger partial charge < -0.3 is 4.74 Å². The van der Waals surface area contributed by atoms with Gasteiger partial charge in [0.05, 0.1) is 5.69 Å². The summed E-state index contributed by atoms with van der Waals surface area (Å²) >= 11 is 3.42. The van der Waals surface area contributed by atoms with Gasteiger partial charge in [0.2, 0.25) is 12.1 Å². The van der Waals surface area contributed by atoms with Crippen molar-refractivity contribution in [1.29, 1.82) is 0 Å². The summed E-state index contributed by atoms with van der Waals surface area (Å²) in [5.41, 5.74) is 2.91. The van der Waals surface area contributed by atoms with Crippen LogP contribution < -0.4 is 0 Å². The van der Waals surface area contributed by atoms with E-state index in [1.807, 2.05) is 36.4 Å². The smallest absolute Gasteiger partial charge is 0.259 e. The SMILES string of the molecule is CC(=O)N1N=C(c2cc(-c3ccc(Br)cc3)n[nH]2)OC1c1ccccn1. The molecule has 1 aromatic carbocycles. The average molecular weight is 412 g/mol. The number of hydrogen-bond acceptors (Lipinski definition) is 5. The van der Waals surface area contributed by atoms with Crippen molar-refractivity contribution in [2.24, 2.45) is 5.10 Å². The Morgan fingerprint density at radius 1 is 1.23 bits per heavy atom. The van der Waals surface area contributed by atoms with Crippen molar-refractivity contribution < 1.29 is 9.53 Å². The summed E-state index contributed by atoms with van der Waals surface area (Å²) in [6, 6.07) is 15.1. The molecule has 0 fully saturated rings. The minimum absolute atomic E-state index is 0.233. The molecule has 0 aliphatic carbocycles. The van der Waals surface area contributed by atoms with Gasteiger partial charge in [-0.25, -0.2) is 0 Å². The Morgan fingerprint density at radius 3 is 2.73 bits per heavy atom. The highest BCUT2D eigenvalue weighted by Crippen LogP contribution is 2.29. The van der Waals surface area contributed by atoms with E-state index < -0.39 is 6.23 Å². The summed E-state index contributed by atoms with van der Waals surface area (Å²) in [7, 11) is 0. The van der Waals surface area contributed by atoms with E-state index >= 15 is 0 Å². The van der Waals surface area contributed by atoms with Gasteiger partial charge in [-0.3, -0.25) is 14.9 Å². The van der Waals surface area contributed by atoms with Crippen LogP contribution in [-0.2, 0) is 9.53 Å². The van der Waals surface area contributed by atoms with Gasteiger partial charge in [-0.1, -0.05) is 34.1 Å². The first-order valence-corrected chi connectivity index (χ1v) is 8.69. The van der Waals surface area contributed by atoms with Crippen molar-refractivity contribution in [3.05, 3.63) is 70.6 Å². The van der Waals surface area contributed by atoms with Gasteiger partial charge in [-0.05, 0) is 30.3 Å². The van der Waals surface area contributed by atoms with Crippen molar-refractivity contribution in [3.63, 3.8) is 0 Å². The summed E-state index contributed by atoms with van der Waals surface area (Å²) in [4.78, 5) is 16.2. The Balaban J connectivity index is 1.63. The number of carbonyl (C=O) groups excluding carboxylic acids is 1. The molecule has 0 saturated heterocycles. The normalized spacial score (nSPS) is 16.3. The van der Waals surface area contributed by atoms with Crippen molar-refractivity contribution in [2.45, 2.75) is 13.2 Å². The number of aromatic amines is 1. The second kappa shape index (κ2) is 6.72. The Bertz CT molecular complexity index is 969. The van der Waals surface area contributed by atoms with E-state index in [0.717, 1.165) is 15.7 Å². The van der Waals surface area contributed by atoms with Crippen molar-refractivity contribution >= 4 is 27.7 Å². The third-order valence-electron chi connectivity index (χ3n) is 3.86. The first kappa shape index (κ1) is 16.5. The summed E-state index contributed by atoms with van der Waals surface area (Å²) in [5, 5.41) is 12.8. The fourth-order valence-corrected chi connectivity index (χ4v) is 2.85. The molecular formula is C18H14BrN5O2. The molecule has 1 aliphatic heterocycles. The molecule has 3 heterocycles. The summed E-state index contributed by atoms with van der Waals surface area (Å²) in [5.74, 6) is 0.0648. The fourth-order valence-electron chi connectivity index (χ4n) is 2.59. The number of H-pyrrole nitrogens is 1. The molecule has 4 rings (SSSR count). The third kappa shape index (κ3) is 3.11. The molecule has 1 aliphatic rings. The molecule has 3 aromatic rings. The monoisotopic (exact) mass is 411 g/mol. The second-order valence-electron chi connectivity index (χ2n) is 5.67. The number of amides is 1. The van der Waals surface area contributed by atoms with E-state index in [4.69, 9.17) is 4.74 Å². The number of hydrazone groups is 1. The number of rotatable bonds is 3. The average Bonchev–Trinajstić information content (AvgIpc) is 3.30. The maximum Gasteiger partial charge on any atom is 0.259 e. The van der Waals surface area contributed by atoms with Gasteiger partial charge in [0.1, 0.15) is 11.4 Å². The zero-order valence-electron chi connectivity index (χ0n) is 13.8.